The van der Waals surface area contributed by atoms with Gasteiger partial charge < -0.3 is 25.4 Å². The molecule has 4 atom stereocenters. The van der Waals surface area contributed by atoms with Crippen LogP contribution in [0.15, 0.2) is 66.7 Å². The van der Waals surface area contributed by atoms with Crippen LogP contribution in [0, 0.1) is 19.8 Å². The Bertz CT molecular complexity index is 1470. The average Bonchev–Trinajstić information content (AvgIpc) is 3.65. The molecule has 1 fully saturated rings. The topological polar surface area (TPSA) is 108 Å². The third-order valence-corrected chi connectivity index (χ3v) is 7.80. The van der Waals surface area contributed by atoms with Crippen LogP contribution >= 0.6 is 11.6 Å². The summed E-state index contributed by atoms with van der Waals surface area (Å²) in [5, 5.41) is 16.4. The Labute approximate surface area is 258 Å². The summed E-state index contributed by atoms with van der Waals surface area (Å²) in [6.07, 6.45) is 0.171. The molecule has 0 aromatic heterocycles. The number of anilines is 1. The zero-order chi connectivity index (χ0) is 31.5. The van der Waals surface area contributed by atoms with Gasteiger partial charge in [-0.3, -0.25) is 9.59 Å². The number of hydrogen-bond acceptors (Lipinski definition) is 5. The number of ether oxygens (including phenoxy) is 1. The molecule has 43 heavy (non-hydrogen) atoms. The Balaban J connectivity index is 1.79. The Morgan fingerprint density at radius 1 is 1.02 bits per heavy atom. The molecule has 0 radical (unpaired) electrons. The molecule has 0 saturated heterocycles. The number of para-hydroxylation sites is 1. The molecule has 0 spiro atoms. The smallest absolute Gasteiger partial charge is 0.408 e. The molecule has 4 rings (SSSR count). The lowest BCUT2D eigenvalue weighted by molar-refractivity contribution is -0.141. The minimum Gasteiger partial charge on any atom is -0.508 e. The number of carbonyl (C=O) groups is 3. The van der Waals surface area contributed by atoms with Gasteiger partial charge in [0.2, 0.25) is 5.91 Å². The van der Waals surface area contributed by atoms with E-state index in [2.05, 4.69) is 10.6 Å². The lowest BCUT2D eigenvalue weighted by atomic mass is 9.98. The number of phenolic OH excluding ortho intramolecular Hbond substituents is 1. The van der Waals surface area contributed by atoms with Crippen molar-refractivity contribution in [2.24, 2.45) is 5.92 Å². The highest BCUT2D eigenvalue weighted by atomic mass is 35.5. The standard InChI is InChI=1S/C34H40ClN3O5/c1-20-11-10-14-25(35)29(20)37-31(40)30(24-15-16-28(39)22(3)17-24)38(27-18-21(27)2)32(41)26(19-23-12-8-7-9-13-23)36-33(42)43-34(4,5)6/h7-17,21,26-27,30,39H,18-19H2,1-6H3,(H,36,42)(H,37,40). The highest BCUT2D eigenvalue weighted by molar-refractivity contribution is 6.34. The summed E-state index contributed by atoms with van der Waals surface area (Å²) >= 11 is 6.47. The molecular formula is C34H40ClN3O5. The molecule has 228 valence electrons. The van der Waals surface area contributed by atoms with E-state index in [1.54, 1.807) is 56.9 Å². The van der Waals surface area contributed by atoms with E-state index in [1.807, 2.05) is 50.2 Å². The molecule has 3 aromatic carbocycles. The number of benzene rings is 3. The van der Waals surface area contributed by atoms with E-state index < -0.39 is 35.6 Å². The highest BCUT2D eigenvalue weighted by Crippen LogP contribution is 2.42. The van der Waals surface area contributed by atoms with Gasteiger partial charge in [0.25, 0.3) is 5.91 Å². The van der Waals surface area contributed by atoms with E-state index in [1.165, 1.54) is 6.07 Å². The summed E-state index contributed by atoms with van der Waals surface area (Å²) in [5.41, 5.74) is 2.39. The molecule has 1 aliphatic rings. The molecule has 0 aliphatic heterocycles. The van der Waals surface area contributed by atoms with Crippen LogP contribution < -0.4 is 10.6 Å². The Kier molecular flexibility index (Phi) is 9.70. The third kappa shape index (κ3) is 8.08. The average molecular weight is 606 g/mol. The molecule has 3 amide bonds. The van der Waals surface area contributed by atoms with Crippen molar-refractivity contribution in [1.82, 2.24) is 10.2 Å². The Morgan fingerprint density at radius 2 is 1.70 bits per heavy atom. The number of phenols is 1. The molecule has 0 heterocycles. The van der Waals surface area contributed by atoms with Crippen molar-refractivity contribution in [2.45, 2.75) is 78.1 Å². The van der Waals surface area contributed by atoms with Gasteiger partial charge in [-0.25, -0.2) is 4.79 Å². The molecule has 1 aliphatic carbocycles. The fourth-order valence-electron chi connectivity index (χ4n) is 5.12. The molecule has 1 saturated carbocycles. The first-order valence-electron chi connectivity index (χ1n) is 14.5. The maximum Gasteiger partial charge on any atom is 0.408 e. The maximum atomic E-state index is 14.6. The van der Waals surface area contributed by atoms with E-state index in [-0.39, 0.29) is 24.1 Å². The maximum absolute atomic E-state index is 14.6. The minimum atomic E-state index is -1.07. The van der Waals surface area contributed by atoms with Crippen LogP contribution in [0.4, 0.5) is 10.5 Å². The number of rotatable bonds is 9. The first-order valence-corrected chi connectivity index (χ1v) is 14.8. The normalized spacial score (nSPS) is 17.4. The number of hydrogen-bond donors (Lipinski definition) is 3. The van der Waals surface area contributed by atoms with E-state index in [0.29, 0.717) is 28.3 Å². The second-order valence-corrected chi connectivity index (χ2v) is 12.7. The van der Waals surface area contributed by atoms with Crippen LogP contribution in [-0.2, 0) is 20.7 Å². The summed E-state index contributed by atoms with van der Waals surface area (Å²) < 4.78 is 5.52. The van der Waals surface area contributed by atoms with Crippen molar-refractivity contribution >= 4 is 35.2 Å². The Hall–Kier alpha value is -4.04. The van der Waals surface area contributed by atoms with Crippen LogP contribution in [0.5, 0.6) is 5.75 Å². The van der Waals surface area contributed by atoms with Crippen molar-refractivity contribution in [2.75, 3.05) is 5.32 Å². The quantitative estimate of drug-likeness (QED) is 0.251. The van der Waals surface area contributed by atoms with Gasteiger partial charge in [0.15, 0.2) is 0 Å². The predicted molar refractivity (Wildman–Crippen MR) is 168 cm³/mol. The number of nitrogens with one attached hydrogen (secondary N) is 2. The number of aryl methyl sites for hydroxylation is 2. The van der Waals surface area contributed by atoms with Gasteiger partial charge in [-0.1, -0.05) is 67.1 Å². The largest absolute Gasteiger partial charge is 0.508 e. The fraction of sp³-hybridized carbons (Fsp3) is 0.382. The number of aromatic hydroxyl groups is 1. The van der Waals surface area contributed by atoms with Gasteiger partial charge in [0.1, 0.15) is 23.4 Å². The molecule has 9 heteroatoms. The minimum absolute atomic E-state index is 0.0797. The zero-order valence-electron chi connectivity index (χ0n) is 25.5. The van der Waals surface area contributed by atoms with Crippen LogP contribution in [0.3, 0.4) is 0 Å². The van der Waals surface area contributed by atoms with Crippen molar-refractivity contribution < 1.29 is 24.2 Å². The molecule has 8 nitrogen and oxygen atoms in total. The Morgan fingerprint density at radius 3 is 2.28 bits per heavy atom. The lowest BCUT2D eigenvalue weighted by Crippen LogP contribution is -2.54. The second kappa shape index (κ2) is 13.1. The zero-order valence-corrected chi connectivity index (χ0v) is 26.2. The summed E-state index contributed by atoms with van der Waals surface area (Å²) in [7, 11) is 0. The van der Waals surface area contributed by atoms with E-state index >= 15 is 0 Å². The van der Waals surface area contributed by atoms with Gasteiger partial charge in [-0.2, -0.15) is 0 Å². The first kappa shape index (κ1) is 31.9. The SMILES string of the molecule is Cc1cc(C(C(=O)Nc2c(C)cccc2Cl)N(C(=O)C(Cc2ccccc2)NC(=O)OC(C)(C)C)C2CC2C)ccc1O. The second-order valence-electron chi connectivity index (χ2n) is 12.3. The van der Waals surface area contributed by atoms with Gasteiger partial charge in [0, 0.05) is 12.5 Å². The highest BCUT2D eigenvalue weighted by Gasteiger charge is 2.48. The van der Waals surface area contributed by atoms with Crippen molar-refractivity contribution in [3.05, 3.63) is 94.0 Å². The number of alkyl carbamates (subject to hydrolysis) is 1. The molecular weight excluding hydrogens is 566 g/mol. The number of carbonyl (C=O) groups excluding carboxylic acids is 3. The number of halogens is 1. The summed E-state index contributed by atoms with van der Waals surface area (Å²) in [6.45, 7) is 10.9. The molecule has 3 N–H and O–H groups in total. The van der Waals surface area contributed by atoms with E-state index in [4.69, 9.17) is 16.3 Å². The molecule has 4 unspecified atom stereocenters. The van der Waals surface area contributed by atoms with Gasteiger partial charge in [0.05, 0.1) is 10.7 Å². The summed E-state index contributed by atoms with van der Waals surface area (Å²) in [4.78, 5) is 43.5. The predicted octanol–water partition coefficient (Wildman–Crippen LogP) is 6.72. The van der Waals surface area contributed by atoms with Crippen LogP contribution in [0.1, 0.15) is 62.4 Å². The summed E-state index contributed by atoms with van der Waals surface area (Å²) in [5.74, 6) is -0.648. The van der Waals surface area contributed by atoms with Crippen molar-refractivity contribution in [1.29, 1.82) is 0 Å². The van der Waals surface area contributed by atoms with Crippen LogP contribution in [-0.4, -0.2) is 45.6 Å². The van der Waals surface area contributed by atoms with Gasteiger partial charge in [-0.05, 0) is 87.4 Å². The fourth-order valence-corrected chi connectivity index (χ4v) is 5.39. The molecule has 0 bridgehead atoms. The monoisotopic (exact) mass is 605 g/mol. The lowest BCUT2D eigenvalue weighted by Gasteiger charge is -2.35. The number of nitrogens with zero attached hydrogens (tertiary/aromatic N) is 1. The van der Waals surface area contributed by atoms with E-state index in [9.17, 15) is 19.5 Å². The van der Waals surface area contributed by atoms with Gasteiger partial charge in [-0.15, -0.1) is 0 Å². The third-order valence-electron chi connectivity index (χ3n) is 7.48. The van der Waals surface area contributed by atoms with Crippen LogP contribution in [0.25, 0.3) is 0 Å². The van der Waals surface area contributed by atoms with E-state index in [0.717, 1.165) is 11.1 Å². The van der Waals surface area contributed by atoms with Gasteiger partial charge >= 0.3 is 6.09 Å². The van der Waals surface area contributed by atoms with Crippen molar-refractivity contribution in [3.8, 4) is 5.75 Å². The van der Waals surface area contributed by atoms with Crippen LogP contribution in [0.2, 0.25) is 5.02 Å². The van der Waals surface area contributed by atoms with Crippen molar-refractivity contribution in [3.63, 3.8) is 0 Å². The molecule has 3 aromatic rings. The summed E-state index contributed by atoms with van der Waals surface area (Å²) in [6, 6.07) is 17.3. The number of amides is 3. The first-order chi connectivity index (χ1) is 20.2.